The summed E-state index contributed by atoms with van der Waals surface area (Å²) in [4.78, 5) is 5.92. The minimum absolute atomic E-state index is 0.135. The number of rotatable bonds is 7. The van der Waals surface area contributed by atoms with Crippen LogP contribution >= 0.6 is 0 Å². The first-order chi connectivity index (χ1) is 12.4. The molecule has 26 heavy (non-hydrogen) atoms. The van der Waals surface area contributed by atoms with E-state index in [0.29, 0.717) is 45.1 Å². The molecule has 146 valence electrons. The zero-order valence-electron chi connectivity index (χ0n) is 14.9. The van der Waals surface area contributed by atoms with Crippen molar-refractivity contribution in [2.45, 2.75) is 25.9 Å². The average Bonchev–Trinajstić information content (AvgIpc) is 2.98. The molecule has 0 aromatic heterocycles. The van der Waals surface area contributed by atoms with E-state index in [0.717, 1.165) is 12.0 Å². The van der Waals surface area contributed by atoms with Crippen molar-refractivity contribution in [3.05, 3.63) is 35.6 Å². The molecule has 1 fully saturated rings. The smallest absolute Gasteiger partial charge is 0.357 e. The van der Waals surface area contributed by atoms with Crippen molar-refractivity contribution in [3.63, 3.8) is 0 Å². The Bertz CT molecular complexity index is 589. The van der Waals surface area contributed by atoms with Gasteiger partial charge in [0.15, 0.2) is 5.96 Å². The first-order valence-corrected chi connectivity index (χ1v) is 8.91. The highest BCUT2D eigenvalue weighted by atomic mass is 19.4. The van der Waals surface area contributed by atoms with Crippen molar-refractivity contribution >= 4 is 5.96 Å². The largest absolute Gasteiger partial charge is 0.401 e. The fourth-order valence-corrected chi connectivity index (χ4v) is 3.04. The summed E-state index contributed by atoms with van der Waals surface area (Å²) in [5.41, 5.74) is 0.895. The van der Waals surface area contributed by atoms with Gasteiger partial charge in [0.25, 0.3) is 0 Å². The van der Waals surface area contributed by atoms with Crippen LogP contribution in [0.4, 0.5) is 17.6 Å². The summed E-state index contributed by atoms with van der Waals surface area (Å²) >= 11 is 0. The lowest BCUT2D eigenvalue weighted by Crippen LogP contribution is -2.38. The van der Waals surface area contributed by atoms with Gasteiger partial charge in [-0.3, -0.25) is 9.89 Å². The van der Waals surface area contributed by atoms with E-state index in [9.17, 15) is 17.6 Å². The van der Waals surface area contributed by atoms with Crippen molar-refractivity contribution in [3.8, 4) is 0 Å². The maximum atomic E-state index is 13.2. The lowest BCUT2D eigenvalue weighted by molar-refractivity contribution is -0.143. The molecule has 0 amide bonds. The quantitative estimate of drug-likeness (QED) is 0.438. The molecule has 0 aliphatic carbocycles. The summed E-state index contributed by atoms with van der Waals surface area (Å²) in [5, 5.41) is 6.31. The van der Waals surface area contributed by atoms with Gasteiger partial charge in [-0.2, -0.15) is 13.2 Å². The van der Waals surface area contributed by atoms with Crippen LogP contribution in [0.5, 0.6) is 0 Å². The molecule has 2 rings (SSSR count). The molecule has 8 heteroatoms. The van der Waals surface area contributed by atoms with Crippen LogP contribution in [0.15, 0.2) is 29.3 Å². The number of nitrogens with one attached hydrogen (secondary N) is 2. The minimum atomic E-state index is -4.15. The Balaban J connectivity index is 1.77. The molecular formula is C18H26F4N4. The second-order valence-corrected chi connectivity index (χ2v) is 6.53. The average molecular weight is 374 g/mol. The van der Waals surface area contributed by atoms with Gasteiger partial charge in [0, 0.05) is 26.2 Å². The lowest BCUT2D eigenvalue weighted by atomic mass is 10.1. The summed E-state index contributed by atoms with van der Waals surface area (Å²) in [5.74, 6) is 0.516. The number of alkyl halides is 3. The summed E-state index contributed by atoms with van der Waals surface area (Å²) < 4.78 is 50.5. The van der Waals surface area contributed by atoms with Crippen molar-refractivity contribution in [1.29, 1.82) is 0 Å². The SMILES string of the molecule is CCNC(=NCC1CCN(CC(F)(F)F)C1)NCCc1cccc(F)c1. The van der Waals surface area contributed by atoms with Gasteiger partial charge >= 0.3 is 6.18 Å². The van der Waals surface area contributed by atoms with E-state index >= 15 is 0 Å². The van der Waals surface area contributed by atoms with E-state index in [4.69, 9.17) is 0 Å². The highest BCUT2D eigenvalue weighted by Gasteiger charge is 2.34. The first-order valence-electron chi connectivity index (χ1n) is 8.91. The van der Waals surface area contributed by atoms with Gasteiger partial charge in [-0.05, 0) is 49.9 Å². The Labute approximate surface area is 151 Å². The molecule has 1 aromatic rings. The standard InChI is InChI=1S/C18H26F4N4/c1-2-23-17(24-8-6-14-4-3-5-16(19)10-14)25-11-15-7-9-26(12-15)13-18(20,21)22/h3-5,10,15H,2,6-9,11-13H2,1H3,(H2,23,24,25). The van der Waals surface area contributed by atoms with E-state index in [1.165, 1.54) is 17.0 Å². The molecule has 1 atom stereocenters. The molecule has 1 saturated heterocycles. The van der Waals surface area contributed by atoms with Gasteiger partial charge in [0.1, 0.15) is 5.82 Å². The van der Waals surface area contributed by atoms with Crippen LogP contribution in [0.2, 0.25) is 0 Å². The highest BCUT2D eigenvalue weighted by Crippen LogP contribution is 2.22. The third-order valence-corrected chi connectivity index (χ3v) is 4.22. The molecule has 1 unspecified atom stereocenters. The summed E-state index contributed by atoms with van der Waals surface area (Å²) in [6.45, 7) is 3.76. The summed E-state index contributed by atoms with van der Waals surface area (Å²) in [6, 6.07) is 6.45. The lowest BCUT2D eigenvalue weighted by Gasteiger charge is -2.17. The highest BCUT2D eigenvalue weighted by molar-refractivity contribution is 5.79. The third-order valence-electron chi connectivity index (χ3n) is 4.22. The van der Waals surface area contributed by atoms with Crippen LogP contribution in [0.25, 0.3) is 0 Å². The van der Waals surface area contributed by atoms with Gasteiger partial charge < -0.3 is 10.6 Å². The number of benzene rings is 1. The number of guanidine groups is 1. The molecule has 4 nitrogen and oxygen atoms in total. The Morgan fingerprint density at radius 1 is 1.31 bits per heavy atom. The fourth-order valence-electron chi connectivity index (χ4n) is 3.04. The Morgan fingerprint density at radius 2 is 2.12 bits per heavy atom. The van der Waals surface area contributed by atoms with Crippen LogP contribution in [0.1, 0.15) is 18.9 Å². The second kappa shape index (κ2) is 9.75. The molecule has 0 spiro atoms. The summed E-state index contributed by atoms with van der Waals surface area (Å²) in [6.07, 6.45) is -2.77. The number of aliphatic imine (C=N–C) groups is 1. The van der Waals surface area contributed by atoms with Gasteiger partial charge in [0.2, 0.25) is 0 Å². The van der Waals surface area contributed by atoms with Crippen LogP contribution in [-0.4, -0.2) is 56.3 Å². The predicted octanol–water partition coefficient (Wildman–Crippen LogP) is 2.81. The van der Waals surface area contributed by atoms with Crippen molar-refractivity contribution < 1.29 is 17.6 Å². The maximum Gasteiger partial charge on any atom is 0.401 e. The molecule has 0 saturated carbocycles. The van der Waals surface area contributed by atoms with Crippen molar-refractivity contribution in [2.24, 2.45) is 10.9 Å². The first kappa shape index (κ1) is 20.5. The van der Waals surface area contributed by atoms with Gasteiger partial charge in [0.05, 0.1) is 6.54 Å². The van der Waals surface area contributed by atoms with Gasteiger partial charge in [-0.1, -0.05) is 12.1 Å². The molecule has 1 heterocycles. The molecule has 0 bridgehead atoms. The molecule has 2 N–H and O–H groups in total. The minimum Gasteiger partial charge on any atom is -0.357 e. The Kier molecular flexibility index (Phi) is 7.68. The van der Waals surface area contributed by atoms with Crippen molar-refractivity contribution in [1.82, 2.24) is 15.5 Å². The monoisotopic (exact) mass is 374 g/mol. The normalized spacial score (nSPS) is 19.0. The van der Waals surface area contributed by atoms with Crippen molar-refractivity contribution in [2.75, 3.05) is 39.3 Å². The predicted molar refractivity (Wildman–Crippen MR) is 94.7 cm³/mol. The van der Waals surface area contributed by atoms with E-state index < -0.39 is 12.7 Å². The van der Waals surface area contributed by atoms with Crippen LogP contribution in [0, 0.1) is 11.7 Å². The number of hydrogen-bond donors (Lipinski definition) is 2. The second-order valence-electron chi connectivity index (χ2n) is 6.53. The number of nitrogens with zero attached hydrogens (tertiary/aromatic N) is 2. The van der Waals surface area contributed by atoms with E-state index in [1.54, 1.807) is 6.07 Å². The Hall–Kier alpha value is -1.83. The fraction of sp³-hybridized carbons (Fsp3) is 0.611. The zero-order valence-corrected chi connectivity index (χ0v) is 14.9. The van der Waals surface area contributed by atoms with E-state index in [1.807, 2.05) is 13.0 Å². The van der Waals surface area contributed by atoms with E-state index in [2.05, 4.69) is 15.6 Å². The van der Waals surface area contributed by atoms with Crippen LogP contribution in [-0.2, 0) is 6.42 Å². The van der Waals surface area contributed by atoms with E-state index in [-0.39, 0.29) is 11.7 Å². The number of likely N-dealkylation sites (tertiary alicyclic amines) is 1. The molecule has 0 radical (unpaired) electrons. The Morgan fingerprint density at radius 3 is 2.81 bits per heavy atom. The molecular weight excluding hydrogens is 348 g/mol. The number of hydrogen-bond acceptors (Lipinski definition) is 2. The number of halogens is 4. The summed E-state index contributed by atoms with van der Waals surface area (Å²) in [7, 11) is 0. The molecule has 1 aromatic carbocycles. The topological polar surface area (TPSA) is 39.7 Å². The molecule has 1 aliphatic rings. The van der Waals surface area contributed by atoms with Crippen LogP contribution < -0.4 is 10.6 Å². The van der Waals surface area contributed by atoms with Crippen LogP contribution in [0.3, 0.4) is 0 Å². The zero-order chi connectivity index (χ0) is 19.0. The van der Waals surface area contributed by atoms with Gasteiger partial charge in [-0.15, -0.1) is 0 Å². The maximum absolute atomic E-state index is 13.2. The molecule has 1 aliphatic heterocycles. The third kappa shape index (κ3) is 7.59. The van der Waals surface area contributed by atoms with Gasteiger partial charge in [-0.25, -0.2) is 4.39 Å².